The second-order valence-electron chi connectivity index (χ2n) is 3.01. The van der Waals surface area contributed by atoms with Crippen LogP contribution in [0.3, 0.4) is 0 Å². The van der Waals surface area contributed by atoms with Gasteiger partial charge in [-0.3, -0.25) is 0 Å². The highest BCUT2D eigenvalue weighted by Crippen LogP contribution is 2.20. The van der Waals surface area contributed by atoms with Crippen molar-refractivity contribution in [3.63, 3.8) is 0 Å². The first-order valence-electron chi connectivity index (χ1n) is 3.86. The Morgan fingerprint density at radius 2 is 2.17 bits per heavy atom. The molecule has 0 saturated heterocycles. The van der Waals surface area contributed by atoms with E-state index in [2.05, 4.69) is 22.0 Å². The summed E-state index contributed by atoms with van der Waals surface area (Å²) in [7, 11) is 4.01. The minimum Gasteiger partial charge on any atom is -0.382 e. The lowest BCUT2D eigenvalue weighted by Crippen LogP contribution is -2.18. The van der Waals surface area contributed by atoms with Crippen LogP contribution in [0.5, 0.6) is 0 Å². The smallest absolute Gasteiger partial charge is 0.150 e. The Bertz CT molecular complexity index is 259. The molecule has 1 aromatic heterocycles. The average Bonchev–Trinajstić information content (AvgIpc) is 2.04. The van der Waals surface area contributed by atoms with E-state index in [-0.39, 0.29) is 6.04 Å². The van der Waals surface area contributed by atoms with E-state index < -0.39 is 0 Å². The lowest BCUT2D eigenvalue weighted by molar-refractivity contribution is 0.321. The standard InChI is InChI=1S/C8H14N4/c1-6(12(2)3)7-4-5-10-11-8(7)9/h4-6H,1-3H3,(H2,9,11). The third kappa shape index (κ3) is 1.71. The molecule has 0 radical (unpaired) electrons. The number of anilines is 1. The quantitative estimate of drug-likeness (QED) is 0.702. The number of rotatable bonds is 2. The average molecular weight is 166 g/mol. The molecule has 1 rings (SSSR count). The molecule has 4 heteroatoms. The van der Waals surface area contributed by atoms with Gasteiger partial charge in [-0.1, -0.05) is 0 Å². The molecule has 12 heavy (non-hydrogen) atoms. The fourth-order valence-corrected chi connectivity index (χ4v) is 0.984. The van der Waals surface area contributed by atoms with Crippen LogP contribution >= 0.6 is 0 Å². The Kier molecular flexibility index (Phi) is 2.60. The molecule has 0 fully saturated rings. The van der Waals surface area contributed by atoms with Crippen LogP contribution in [0.2, 0.25) is 0 Å². The first-order chi connectivity index (χ1) is 5.63. The van der Waals surface area contributed by atoms with E-state index in [1.165, 1.54) is 0 Å². The van der Waals surface area contributed by atoms with Gasteiger partial charge in [-0.15, -0.1) is 5.10 Å². The molecule has 4 nitrogen and oxygen atoms in total. The van der Waals surface area contributed by atoms with Gasteiger partial charge >= 0.3 is 0 Å². The molecule has 0 aromatic carbocycles. The van der Waals surface area contributed by atoms with Gasteiger partial charge in [-0.25, -0.2) is 0 Å². The van der Waals surface area contributed by atoms with E-state index in [4.69, 9.17) is 5.73 Å². The highest BCUT2D eigenvalue weighted by molar-refractivity contribution is 5.38. The van der Waals surface area contributed by atoms with Gasteiger partial charge in [0.05, 0.1) is 6.20 Å². The van der Waals surface area contributed by atoms with Gasteiger partial charge in [-0.2, -0.15) is 5.10 Å². The van der Waals surface area contributed by atoms with Crippen LogP contribution in [-0.4, -0.2) is 29.2 Å². The van der Waals surface area contributed by atoms with Crippen LogP contribution in [0.4, 0.5) is 5.82 Å². The number of nitrogens with zero attached hydrogens (tertiary/aromatic N) is 3. The summed E-state index contributed by atoms with van der Waals surface area (Å²) < 4.78 is 0. The predicted octanol–water partition coefficient (Wildman–Crippen LogP) is 0.681. The maximum absolute atomic E-state index is 5.66. The molecule has 1 unspecified atom stereocenters. The number of hydrogen-bond acceptors (Lipinski definition) is 4. The molecular weight excluding hydrogens is 152 g/mol. The van der Waals surface area contributed by atoms with E-state index in [9.17, 15) is 0 Å². The molecule has 0 aliphatic rings. The molecule has 66 valence electrons. The van der Waals surface area contributed by atoms with Gasteiger partial charge in [0.1, 0.15) is 0 Å². The first kappa shape index (κ1) is 8.93. The molecular formula is C8H14N4. The summed E-state index contributed by atoms with van der Waals surface area (Å²) in [5.74, 6) is 0.513. The van der Waals surface area contributed by atoms with Crippen LogP contribution in [0.15, 0.2) is 12.3 Å². The van der Waals surface area contributed by atoms with Crippen molar-refractivity contribution in [1.29, 1.82) is 0 Å². The monoisotopic (exact) mass is 166 g/mol. The molecule has 0 aliphatic heterocycles. The van der Waals surface area contributed by atoms with E-state index in [1.54, 1.807) is 6.20 Å². The van der Waals surface area contributed by atoms with Crippen molar-refractivity contribution < 1.29 is 0 Å². The molecule has 1 aromatic rings. The lowest BCUT2D eigenvalue weighted by Gasteiger charge is -2.20. The summed E-state index contributed by atoms with van der Waals surface area (Å²) in [4.78, 5) is 2.08. The van der Waals surface area contributed by atoms with Crippen molar-refractivity contribution >= 4 is 5.82 Å². The van der Waals surface area contributed by atoms with Gasteiger partial charge in [0.25, 0.3) is 0 Å². The highest BCUT2D eigenvalue weighted by atomic mass is 15.1. The zero-order valence-electron chi connectivity index (χ0n) is 7.65. The molecule has 0 amide bonds. The molecule has 0 bridgehead atoms. The van der Waals surface area contributed by atoms with Crippen LogP contribution in [0.25, 0.3) is 0 Å². The third-order valence-corrected chi connectivity index (χ3v) is 2.01. The number of nitrogens with two attached hydrogens (primary N) is 1. The molecule has 0 aliphatic carbocycles. The Balaban J connectivity index is 2.94. The van der Waals surface area contributed by atoms with E-state index in [1.807, 2.05) is 20.2 Å². The Morgan fingerprint density at radius 1 is 1.50 bits per heavy atom. The van der Waals surface area contributed by atoms with Crippen LogP contribution in [0.1, 0.15) is 18.5 Å². The third-order valence-electron chi connectivity index (χ3n) is 2.01. The minimum absolute atomic E-state index is 0.278. The molecule has 1 atom stereocenters. The van der Waals surface area contributed by atoms with Gasteiger partial charge in [0, 0.05) is 11.6 Å². The molecule has 2 N–H and O–H groups in total. The van der Waals surface area contributed by atoms with E-state index >= 15 is 0 Å². The Hall–Kier alpha value is -1.16. The van der Waals surface area contributed by atoms with Crippen molar-refractivity contribution in [2.75, 3.05) is 19.8 Å². The van der Waals surface area contributed by atoms with Gasteiger partial charge in [0.2, 0.25) is 0 Å². The van der Waals surface area contributed by atoms with Crippen molar-refractivity contribution in [2.45, 2.75) is 13.0 Å². The largest absolute Gasteiger partial charge is 0.382 e. The summed E-state index contributed by atoms with van der Waals surface area (Å²) in [6.07, 6.45) is 1.66. The first-order valence-corrected chi connectivity index (χ1v) is 3.86. The summed E-state index contributed by atoms with van der Waals surface area (Å²) in [6, 6.07) is 2.17. The van der Waals surface area contributed by atoms with E-state index in [0.29, 0.717) is 5.82 Å². The number of nitrogen functional groups attached to an aromatic ring is 1. The predicted molar refractivity (Wildman–Crippen MR) is 48.5 cm³/mol. The fourth-order valence-electron chi connectivity index (χ4n) is 0.984. The molecule has 1 heterocycles. The van der Waals surface area contributed by atoms with Gasteiger partial charge in [-0.05, 0) is 27.1 Å². The van der Waals surface area contributed by atoms with Crippen LogP contribution < -0.4 is 5.73 Å². The van der Waals surface area contributed by atoms with E-state index in [0.717, 1.165) is 5.56 Å². The maximum atomic E-state index is 5.66. The summed E-state index contributed by atoms with van der Waals surface area (Å²) >= 11 is 0. The van der Waals surface area contributed by atoms with Crippen molar-refractivity contribution in [3.8, 4) is 0 Å². The fraction of sp³-hybridized carbons (Fsp3) is 0.500. The topological polar surface area (TPSA) is 55.0 Å². The summed E-state index contributed by atoms with van der Waals surface area (Å²) in [6.45, 7) is 2.08. The number of hydrogen-bond donors (Lipinski definition) is 1. The van der Waals surface area contributed by atoms with Crippen molar-refractivity contribution in [2.24, 2.45) is 0 Å². The highest BCUT2D eigenvalue weighted by Gasteiger charge is 2.10. The van der Waals surface area contributed by atoms with Gasteiger partial charge < -0.3 is 10.6 Å². The zero-order valence-corrected chi connectivity index (χ0v) is 7.65. The van der Waals surface area contributed by atoms with Gasteiger partial charge in [0.15, 0.2) is 5.82 Å². The lowest BCUT2D eigenvalue weighted by atomic mass is 10.1. The SMILES string of the molecule is CC(c1ccnnc1N)N(C)C. The number of aromatic nitrogens is 2. The summed E-state index contributed by atoms with van der Waals surface area (Å²) in [5.41, 5.74) is 6.68. The maximum Gasteiger partial charge on any atom is 0.150 e. The molecule has 0 saturated carbocycles. The van der Waals surface area contributed by atoms with Crippen molar-refractivity contribution in [3.05, 3.63) is 17.8 Å². The van der Waals surface area contributed by atoms with Crippen LogP contribution in [0, 0.1) is 0 Å². The normalized spacial score (nSPS) is 13.3. The summed E-state index contributed by atoms with van der Waals surface area (Å²) in [5, 5.41) is 7.48. The Morgan fingerprint density at radius 3 is 2.67 bits per heavy atom. The molecule has 0 spiro atoms. The zero-order chi connectivity index (χ0) is 9.14. The Labute approximate surface area is 72.4 Å². The second kappa shape index (κ2) is 3.49. The van der Waals surface area contributed by atoms with Crippen molar-refractivity contribution in [1.82, 2.24) is 15.1 Å². The minimum atomic E-state index is 0.278. The second-order valence-corrected chi connectivity index (χ2v) is 3.01. The van der Waals surface area contributed by atoms with Crippen LogP contribution in [-0.2, 0) is 0 Å².